The third-order valence-electron chi connectivity index (χ3n) is 2.88. The Morgan fingerprint density at radius 1 is 1.37 bits per heavy atom. The summed E-state index contributed by atoms with van der Waals surface area (Å²) in [6.07, 6.45) is 0.955. The Bertz CT molecular complexity index is 733. The van der Waals surface area contributed by atoms with Crippen molar-refractivity contribution in [3.63, 3.8) is 0 Å². The number of aromatic nitrogens is 4. The molecule has 0 saturated heterocycles. The van der Waals surface area contributed by atoms with Gasteiger partial charge < -0.3 is 10.3 Å². The maximum atomic E-state index is 6.04. The Balaban J connectivity index is 2.29. The smallest absolute Gasteiger partial charge is 0.199 e. The molecule has 2 N–H and O–H groups in total. The number of rotatable bonds is 3. The highest BCUT2D eigenvalue weighted by atomic mass is 35.5. The van der Waals surface area contributed by atoms with Crippen molar-refractivity contribution in [3.8, 4) is 11.5 Å². The molecule has 0 unspecified atom stereocenters. The van der Waals surface area contributed by atoms with Crippen LogP contribution in [-0.2, 0) is 6.54 Å². The van der Waals surface area contributed by atoms with Crippen LogP contribution >= 0.6 is 11.6 Å². The van der Waals surface area contributed by atoms with Gasteiger partial charge in [0, 0.05) is 11.6 Å². The second kappa shape index (κ2) is 4.55. The molecule has 98 valence electrons. The van der Waals surface area contributed by atoms with Crippen LogP contribution in [0.15, 0.2) is 22.8 Å². The van der Waals surface area contributed by atoms with Gasteiger partial charge in [-0.2, -0.15) is 0 Å². The van der Waals surface area contributed by atoms with Gasteiger partial charge in [0.2, 0.25) is 0 Å². The van der Waals surface area contributed by atoms with Crippen molar-refractivity contribution in [2.75, 3.05) is 5.73 Å². The molecule has 0 radical (unpaired) electrons. The van der Waals surface area contributed by atoms with E-state index in [0.29, 0.717) is 16.5 Å². The van der Waals surface area contributed by atoms with E-state index in [1.165, 1.54) is 0 Å². The third kappa shape index (κ3) is 1.94. The van der Waals surface area contributed by atoms with Gasteiger partial charge in [-0.1, -0.05) is 18.5 Å². The maximum Gasteiger partial charge on any atom is 0.199 e. The highest BCUT2D eigenvalue weighted by Crippen LogP contribution is 2.28. The standard InChI is InChI=1S/C12H12ClN5O/c1-2-5-18-9-6-7(13)3-4-8(9)15-12(18)10-11(14)17-19-16-10/h3-4,6H,2,5H2,1H3,(H2,14,17). The summed E-state index contributed by atoms with van der Waals surface area (Å²) in [6.45, 7) is 2.88. The van der Waals surface area contributed by atoms with Crippen molar-refractivity contribution in [1.82, 2.24) is 19.9 Å². The SMILES string of the molecule is CCCn1c(-c2nonc2N)nc2ccc(Cl)cc21. The number of nitrogen functional groups attached to an aromatic ring is 1. The van der Waals surface area contributed by atoms with Crippen molar-refractivity contribution in [2.45, 2.75) is 19.9 Å². The Hall–Kier alpha value is -2.08. The van der Waals surface area contributed by atoms with Crippen molar-refractivity contribution >= 4 is 28.5 Å². The first-order valence-electron chi connectivity index (χ1n) is 5.95. The highest BCUT2D eigenvalue weighted by molar-refractivity contribution is 6.31. The molecular weight excluding hydrogens is 266 g/mol. The van der Waals surface area contributed by atoms with Gasteiger partial charge >= 0.3 is 0 Å². The first kappa shape index (κ1) is 12.0. The van der Waals surface area contributed by atoms with Gasteiger partial charge in [-0.25, -0.2) is 9.61 Å². The van der Waals surface area contributed by atoms with Crippen LogP contribution in [0.1, 0.15) is 13.3 Å². The second-order valence-corrected chi connectivity index (χ2v) is 4.65. The molecule has 2 heterocycles. The van der Waals surface area contributed by atoms with Crippen LogP contribution < -0.4 is 5.73 Å². The molecule has 0 aliphatic carbocycles. The quantitative estimate of drug-likeness (QED) is 0.796. The summed E-state index contributed by atoms with van der Waals surface area (Å²) < 4.78 is 6.67. The molecule has 0 spiro atoms. The van der Waals surface area contributed by atoms with Gasteiger partial charge in [0.1, 0.15) is 0 Å². The van der Waals surface area contributed by atoms with Crippen LogP contribution in [0.2, 0.25) is 5.02 Å². The van der Waals surface area contributed by atoms with Crippen LogP contribution in [0.3, 0.4) is 0 Å². The number of nitrogens with two attached hydrogens (primary N) is 1. The van der Waals surface area contributed by atoms with E-state index in [4.69, 9.17) is 17.3 Å². The first-order chi connectivity index (χ1) is 9.20. The predicted molar refractivity (Wildman–Crippen MR) is 72.7 cm³/mol. The molecular formula is C12H12ClN5O. The van der Waals surface area contributed by atoms with Crippen LogP contribution in [0.4, 0.5) is 5.82 Å². The summed E-state index contributed by atoms with van der Waals surface area (Å²) >= 11 is 6.04. The fourth-order valence-electron chi connectivity index (χ4n) is 2.08. The average molecular weight is 278 g/mol. The van der Waals surface area contributed by atoms with Gasteiger partial charge in [-0.05, 0) is 34.9 Å². The minimum absolute atomic E-state index is 0.235. The second-order valence-electron chi connectivity index (χ2n) is 4.22. The fraction of sp³-hybridized carbons (Fsp3) is 0.250. The zero-order valence-electron chi connectivity index (χ0n) is 10.3. The summed E-state index contributed by atoms with van der Waals surface area (Å²) in [5, 5.41) is 8.08. The number of hydrogen-bond donors (Lipinski definition) is 1. The molecule has 0 bridgehead atoms. The Morgan fingerprint density at radius 2 is 2.21 bits per heavy atom. The molecule has 3 aromatic rings. The fourth-order valence-corrected chi connectivity index (χ4v) is 2.24. The summed E-state index contributed by atoms with van der Waals surface area (Å²) in [7, 11) is 0. The van der Waals surface area contributed by atoms with Crippen molar-refractivity contribution < 1.29 is 4.63 Å². The maximum absolute atomic E-state index is 6.04. The van der Waals surface area contributed by atoms with Crippen LogP contribution in [0.5, 0.6) is 0 Å². The predicted octanol–water partition coefficient (Wildman–Crippen LogP) is 2.73. The molecule has 2 aromatic heterocycles. The summed E-state index contributed by atoms with van der Waals surface area (Å²) in [6, 6.07) is 5.56. The van der Waals surface area contributed by atoms with Crippen molar-refractivity contribution in [2.24, 2.45) is 0 Å². The summed E-state index contributed by atoms with van der Waals surface area (Å²) in [4.78, 5) is 4.54. The van der Waals surface area contributed by atoms with Gasteiger partial charge in [0.15, 0.2) is 17.3 Å². The van der Waals surface area contributed by atoms with E-state index in [0.717, 1.165) is 24.0 Å². The summed E-state index contributed by atoms with van der Waals surface area (Å²) in [5.74, 6) is 0.886. The molecule has 0 aliphatic rings. The Kier molecular flexibility index (Phi) is 2.87. The Morgan fingerprint density at radius 3 is 2.89 bits per heavy atom. The van der Waals surface area contributed by atoms with E-state index in [9.17, 15) is 0 Å². The van der Waals surface area contributed by atoms with E-state index in [-0.39, 0.29) is 5.82 Å². The Labute approximate surface area is 114 Å². The van der Waals surface area contributed by atoms with Crippen LogP contribution in [-0.4, -0.2) is 19.9 Å². The summed E-state index contributed by atoms with van der Waals surface area (Å²) in [5.41, 5.74) is 8.00. The van der Waals surface area contributed by atoms with Crippen molar-refractivity contribution in [1.29, 1.82) is 0 Å². The van der Waals surface area contributed by atoms with Gasteiger partial charge in [-0.15, -0.1) is 0 Å². The van der Waals surface area contributed by atoms with Gasteiger partial charge in [0.25, 0.3) is 0 Å². The number of aryl methyl sites for hydroxylation is 1. The lowest BCUT2D eigenvalue weighted by atomic mass is 10.3. The average Bonchev–Trinajstić information content (AvgIpc) is 2.94. The lowest BCUT2D eigenvalue weighted by Crippen LogP contribution is -2.01. The van der Waals surface area contributed by atoms with Crippen LogP contribution in [0, 0.1) is 0 Å². The van der Waals surface area contributed by atoms with E-state index >= 15 is 0 Å². The molecule has 0 amide bonds. The number of benzene rings is 1. The van der Waals surface area contributed by atoms with E-state index < -0.39 is 0 Å². The number of anilines is 1. The molecule has 0 atom stereocenters. The molecule has 0 saturated carbocycles. The third-order valence-corrected chi connectivity index (χ3v) is 3.12. The van der Waals surface area contributed by atoms with Crippen molar-refractivity contribution in [3.05, 3.63) is 23.2 Å². The highest BCUT2D eigenvalue weighted by Gasteiger charge is 2.18. The zero-order valence-corrected chi connectivity index (χ0v) is 11.1. The minimum Gasteiger partial charge on any atom is -0.379 e. The number of fused-ring (bicyclic) bond motifs is 1. The molecule has 1 aromatic carbocycles. The van der Waals surface area contributed by atoms with Gasteiger partial charge in [0.05, 0.1) is 11.0 Å². The number of nitrogens with zero attached hydrogens (tertiary/aromatic N) is 4. The molecule has 7 heteroatoms. The van der Waals surface area contributed by atoms with E-state index in [1.807, 2.05) is 16.7 Å². The van der Waals surface area contributed by atoms with E-state index in [2.05, 4.69) is 26.9 Å². The molecule has 3 rings (SSSR count). The van der Waals surface area contributed by atoms with E-state index in [1.54, 1.807) is 6.07 Å². The molecule has 19 heavy (non-hydrogen) atoms. The zero-order chi connectivity index (χ0) is 13.4. The largest absolute Gasteiger partial charge is 0.379 e. The number of imidazole rings is 1. The topological polar surface area (TPSA) is 82.8 Å². The monoisotopic (exact) mass is 277 g/mol. The number of hydrogen-bond acceptors (Lipinski definition) is 5. The lowest BCUT2D eigenvalue weighted by molar-refractivity contribution is 0.310. The molecule has 6 nitrogen and oxygen atoms in total. The first-order valence-corrected chi connectivity index (χ1v) is 6.32. The molecule has 0 aliphatic heterocycles. The van der Waals surface area contributed by atoms with Gasteiger partial charge in [-0.3, -0.25) is 0 Å². The lowest BCUT2D eigenvalue weighted by Gasteiger charge is -2.05. The minimum atomic E-state index is 0.235. The normalized spacial score (nSPS) is 11.3. The molecule has 0 fully saturated rings. The number of halogens is 1. The van der Waals surface area contributed by atoms with Crippen LogP contribution in [0.25, 0.3) is 22.6 Å².